The molecule has 0 aliphatic heterocycles. The molecule has 0 saturated carbocycles. The summed E-state index contributed by atoms with van der Waals surface area (Å²) in [5.41, 5.74) is 2.95. The maximum atomic E-state index is 12.5. The third kappa shape index (κ3) is 3.86. The number of benzene rings is 2. The topological polar surface area (TPSA) is 81.4 Å². The van der Waals surface area contributed by atoms with Gasteiger partial charge in [-0.1, -0.05) is 42.4 Å². The van der Waals surface area contributed by atoms with Gasteiger partial charge in [0, 0.05) is 11.4 Å². The van der Waals surface area contributed by atoms with E-state index in [2.05, 4.69) is 15.5 Å². The van der Waals surface area contributed by atoms with E-state index >= 15 is 0 Å². The third-order valence-corrected chi connectivity index (χ3v) is 5.55. The average Bonchev–Trinajstić information content (AvgIpc) is 3.17. The van der Waals surface area contributed by atoms with Gasteiger partial charge < -0.3 is 10.1 Å². The van der Waals surface area contributed by atoms with Gasteiger partial charge in [0.2, 0.25) is 5.91 Å². The van der Waals surface area contributed by atoms with E-state index < -0.39 is 0 Å². The molecule has 2 heterocycles. The molecule has 0 unspecified atom stereocenters. The lowest BCUT2D eigenvalue weighted by molar-refractivity contribution is -0.113. The van der Waals surface area contributed by atoms with Crippen molar-refractivity contribution in [3.05, 3.63) is 53.3 Å². The zero-order chi connectivity index (χ0) is 20.4. The highest BCUT2D eigenvalue weighted by Crippen LogP contribution is 2.29. The number of nitrogens with one attached hydrogen (secondary N) is 1. The first-order chi connectivity index (χ1) is 14.1. The second-order valence-electron chi connectivity index (χ2n) is 6.22. The van der Waals surface area contributed by atoms with Crippen LogP contribution in [0.4, 0.5) is 5.69 Å². The van der Waals surface area contributed by atoms with Crippen LogP contribution in [0.5, 0.6) is 5.75 Å². The number of hydrogen-bond donors (Lipinski definition) is 1. The van der Waals surface area contributed by atoms with Gasteiger partial charge in [-0.15, -0.1) is 10.2 Å². The molecule has 0 atom stereocenters. The Morgan fingerprint density at radius 3 is 2.86 bits per heavy atom. The maximum absolute atomic E-state index is 12.5. The minimum absolute atomic E-state index is 0.158. The first-order valence-corrected chi connectivity index (χ1v) is 10.4. The van der Waals surface area contributed by atoms with Gasteiger partial charge in [0.1, 0.15) is 16.6 Å². The number of halogens is 1. The van der Waals surface area contributed by atoms with E-state index in [0.717, 1.165) is 23.3 Å². The largest absolute Gasteiger partial charge is 0.495 e. The number of aromatic nitrogens is 4. The first kappa shape index (κ1) is 19.5. The summed E-state index contributed by atoms with van der Waals surface area (Å²) in [6.07, 6.45) is 0.744. The summed E-state index contributed by atoms with van der Waals surface area (Å²) < 4.78 is 7.27. The van der Waals surface area contributed by atoms with Crippen molar-refractivity contribution in [3.63, 3.8) is 0 Å². The Bertz CT molecular complexity index is 1210. The van der Waals surface area contributed by atoms with E-state index in [1.807, 2.05) is 35.6 Å². The molecule has 2 aromatic carbocycles. The van der Waals surface area contributed by atoms with Crippen molar-refractivity contribution in [2.75, 3.05) is 18.2 Å². The summed E-state index contributed by atoms with van der Waals surface area (Å²) in [5, 5.41) is 12.6. The van der Waals surface area contributed by atoms with Gasteiger partial charge in [-0.3, -0.25) is 9.20 Å². The Balaban J connectivity index is 1.60. The second kappa shape index (κ2) is 8.26. The number of carbonyl (C=O) groups excluding carboxylic acids is 1. The van der Waals surface area contributed by atoms with Crippen LogP contribution in [-0.4, -0.2) is 38.4 Å². The SMILES string of the molecule is CCc1nnc2c(SCC(=O)Nc3cc(Cl)ccc3OC)nc3ccccc3n12. The number of methoxy groups -OCH3 is 1. The molecule has 4 rings (SSSR count). The average molecular weight is 428 g/mol. The minimum Gasteiger partial charge on any atom is -0.495 e. The van der Waals surface area contributed by atoms with Crippen LogP contribution < -0.4 is 10.1 Å². The summed E-state index contributed by atoms with van der Waals surface area (Å²) >= 11 is 7.34. The van der Waals surface area contributed by atoms with E-state index in [1.54, 1.807) is 25.3 Å². The third-order valence-electron chi connectivity index (χ3n) is 4.36. The molecule has 29 heavy (non-hydrogen) atoms. The standard InChI is InChI=1S/C20H18ClN5O2S/c1-3-17-24-25-19-20(23-13-6-4-5-7-15(13)26(17)19)29-11-18(27)22-14-10-12(21)8-9-16(14)28-2/h4-10H,3,11H2,1-2H3,(H,22,27). The number of ether oxygens (including phenoxy) is 1. The van der Waals surface area contributed by atoms with Crippen LogP contribution in [-0.2, 0) is 11.2 Å². The molecule has 7 nitrogen and oxygen atoms in total. The lowest BCUT2D eigenvalue weighted by atomic mass is 10.3. The summed E-state index contributed by atoms with van der Waals surface area (Å²) in [7, 11) is 1.54. The van der Waals surface area contributed by atoms with Crippen molar-refractivity contribution < 1.29 is 9.53 Å². The predicted octanol–water partition coefficient (Wildman–Crippen LogP) is 4.23. The zero-order valence-electron chi connectivity index (χ0n) is 15.8. The molecule has 0 bridgehead atoms. The number of amides is 1. The molecule has 0 aliphatic carbocycles. The Morgan fingerprint density at radius 1 is 1.24 bits per heavy atom. The van der Waals surface area contributed by atoms with Crippen molar-refractivity contribution in [2.24, 2.45) is 0 Å². The monoisotopic (exact) mass is 427 g/mol. The Hall–Kier alpha value is -2.84. The Kier molecular flexibility index (Phi) is 5.55. The fourth-order valence-electron chi connectivity index (χ4n) is 3.04. The lowest BCUT2D eigenvalue weighted by Gasteiger charge is -2.11. The smallest absolute Gasteiger partial charge is 0.234 e. The maximum Gasteiger partial charge on any atom is 0.234 e. The van der Waals surface area contributed by atoms with Crippen LogP contribution >= 0.6 is 23.4 Å². The molecule has 4 aromatic rings. The van der Waals surface area contributed by atoms with Gasteiger partial charge >= 0.3 is 0 Å². The summed E-state index contributed by atoms with van der Waals surface area (Å²) in [4.78, 5) is 17.2. The number of hydrogen-bond acceptors (Lipinski definition) is 6. The van der Waals surface area contributed by atoms with Crippen molar-refractivity contribution in [1.29, 1.82) is 0 Å². The van der Waals surface area contributed by atoms with Crippen molar-refractivity contribution in [3.8, 4) is 5.75 Å². The fourth-order valence-corrected chi connectivity index (χ4v) is 3.98. The van der Waals surface area contributed by atoms with Crippen LogP contribution in [0.1, 0.15) is 12.7 Å². The van der Waals surface area contributed by atoms with E-state index in [4.69, 9.17) is 21.3 Å². The number of anilines is 1. The molecule has 0 spiro atoms. The van der Waals surface area contributed by atoms with Crippen molar-refractivity contribution >= 4 is 51.6 Å². The van der Waals surface area contributed by atoms with E-state index in [9.17, 15) is 4.79 Å². The molecule has 2 aromatic heterocycles. The van der Waals surface area contributed by atoms with E-state index in [0.29, 0.717) is 27.1 Å². The highest BCUT2D eigenvalue weighted by molar-refractivity contribution is 8.00. The van der Waals surface area contributed by atoms with Crippen LogP contribution in [0.25, 0.3) is 16.7 Å². The van der Waals surface area contributed by atoms with Crippen LogP contribution in [0.3, 0.4) is 0 Å². The molecule has 1 amide bonds. The molecular formula is C20H18ClN5O2S. The molecule has 1 N–H and O–H groups in total. The highest BCUT2D eigenvalue weighted by atomic mass is 35.5. The second-order valence-corrected chi connectivity index (χ2v) is 7.62. The number of nitrogens with zero attached hydrogens (tertiary/aromatic N) is 4. The van der Waals surface area contributed by atoms with Gasteiger partial charge in [-0.2, -0.15) is 0 Å². The van der Waals surface area contributed by atoms with Gasteiger partial charge in [0.25, 0.3) is 0 Å². The minimum atomic E-state index is -0.195. The number of fused-ring (bicyclic) bond motifs is 3. The summed E-state index contributed by atoms with van der Waals surface area (Å²) in [6, 6.07) is 12.9. The molecule has 0 saturated heterocycles. The fraction of sp³-hybridized carbons (Fsp3) is 0.200. The van der Waals surface area contributed by atoms with Gasteiger partial charge in [-0.25, -0.2) is 4.98 Å². The number of carbonyl (C=O) groups is 1. The number of para-hydroxylation sites is 2. The molecule has 0 aliphatic rings. The quantitative estimate of drug-likeness (QED) is 0.464. The Morgan fingerprint density at radius 2 is 2.07 bits per heavy atom. The van der Waals surface area contributed by atoms with E-state index in [-0.39, 0.29) is 11.7 Å². The van der Waals surface area contributed by atoms with Crippen molar-refractivity contribution in [2.45, 2.75) is 18.4 Å². The molecule has 9 heteroatoms. The van der Waals surface area contributed by atoms with Crippen molar-refractivity contribution in [1.82, 2.24) is 19.6 Å². The number of thioether (sulfide) groups is 1. The van der Waals surface area contributed by atoms with Crippen LogP contribution in [0.2, 0.25) is 5.02 Å². The molecule has 0 radical (unpaired) electrons. The number of rotatable bonds is 6. The zero-order valence-corrected chi connectivity index (χ0v) is 17.4. The summed E-state index contributed by atoms with van der Waals surface area (Å²) in [6.45, 7) is 2.03. The lowest BCUT2D eigenvalue weighted by Crippen LogP contribution is -2.15. The van der Waals surface area contributed by atoms with Crippen LogP contribution in [0, 0.1) is 0 Å². The summed E-state index contributed by atoms with van der Waals surface area (Å²) in [5.74, 6) is 1.36. The van der Waals surface area contributed by atoms with Crippen LogP contribution in [0.15, 0.2) is 47.5 Å². The molecular weight excluding hydrogens is 410 g/mol. The molecule has 0 fully saturated rings. The first-order valence-electron chi connectivity index (χ1n) is 8.99. The normalized spacial score (nSPS) is 11.1. The van der Waals surface area contributed by atoms with Gasteiger partial charge in [0.15, 0.2) is 5.65 Å². The Labute approximate surface area is 176 Å². The predicted molar refractivity (Wildman–Crippen MR) is 115 cm³/mol. The highest BCUT2D eigenvalue weighted by Gasteiger charge is 2.16. The van der Waals surface area contributed by atoms with E-state index in [1.165, 1.54) is 11.8 Å². The van der Waals surface area contributed by atoms with Gasteiger partial charge in [0.05, 0.1) is 29.6 Å². The molecule has 148 valence electrons. The number of aryl methyl sites for hydroxylation is 1. The van der Waals surface area contributed by atoms with Gasteiger partial charge in [-0.05, 0) is 30.3 Å².